The first-order chi connectivity index (χ1) is 7.68. The minimum atomic E-state index is 0.190. The molecule has 0 bridgehead atoms. The SMILES string of the molecule is CC(C)c1ccc(C2OCOCC2C)cc1. The van der Waals surface area contributed by atoms with Crippen molar-refractivity contribution in [3.63, 3.8) is 0 Å². The van der Waals surface area contributed by atoms with Crippen LogP contribution in [0.2, 0.25) is 0 Å². The molecule has 2 unspecified atom stereocenters. The van der Waals surface area contributed by atoms with E-state index in [2.05, 4.69) is 45.0 Å². The fourth-order valence-electron chi connectivity index (χ4n) is 2.10. The largest absolute Gasteiger partial charge is 0.355 e. The lowest BCUT2D eigenvalue weighted by Crippen LogP contribution is -2.25. The Morgan fingerprint density at radius 2 is 1.88 bits per heavy atom. The summed E-state index contributed by atoms with van der Waals surface area (Å²) in [6, 6.07) is 8.76. The van der Waals surface area contributed by atoms with E-state index in [4.69, 9.17) is 9.47 Å². The predicted molar refractivity (Wildman–Crippen MR) is 64.3 cm³/mol. The van der Waals surface area contributed by atoms with Crippen LogP contribution in [0.15, 0.2) is 24.3 Å². The summed E-state index contributed by atoms with van der Waals surface area (Å²) in [5.41, 5.74) is 2.64. The van der Waals surface area contributed by atoms with Crippen LogP contribution in [0.4, 0.5) is 0 Å². The molecule has 1 aromatic carbocycles. The summed E-state index contributed by atoms with van der Waals surface area (Å²) in [6.45, 7) is 7.79. The van der Waals surface area contributed by atoms with Crippen molar-refractivity contribution in [2.75, 3.05) is 13.4 Å². The smallest absolute Gasteiger partial charge is 0.147 e. The van der Waals surface area contributed by atoms with Crippen molar-refractivity contribution in [1.29, 1.82) is 0 Å². The van der Waals surface area contributed by atoms with Gasteiger partial charge in [-0.1, -0.05) is 45.0 Å². The molecule has 1 aliphatic rings. The summed E-state index contributed by atoms with van der Waals surface area (Å²) >= 11 is 0. The lowest BCUT2D eigenvalue weighted by atomic mass is 9.94. The van der Waals surface area contributed by atoms with Crippen molar-refractivity contribution in [1.82, 2.24) is 0 Å². The molecule has 0 radical (unpaired) electrons. The van der Waals surface area contributed by atoms with Crippen molar-refractivity contribution >= 4 is 0 Å². The minimum Gasteiger partial charge on any atom is -0.355 e. The molecule has 1 fully saturated rings. The van der Waals surface area contributed by atoms with E-state index in [9.17, 15) is 0 Å². The average Bonchev–Trinajstić information content (AvgIpc) is 2.30. The molecule has 2 rings (SSSR count). The van der Waals surface area contributed by atoms with E-state index in [-0.39, 0.29) is 6.10 Å². The maximum Gasteiger partial charge on any atom is 0.147 e. The molecule has 88 valence electrons. The maximum absolute atomic E-state index is 5.65. The highest BCUT2D eigenvalue weighted by Gasteiger charge is 2.24. The van der Waals surface area contributed by atoms with Gasteiger partial charge in [0.25, 0.3) is 0 Å². The van der Waals surface area contributed by atoms with E-state index in [0.717, 1.165) is 6.61 Å². The molecule has 0 amide bonds. The molecule has 16 heavy (non-hydrogen) atoms. The van der Waals surface area contributed by atoms with Gasteiger partial charge < -0.3 is 9.47 Å². The second-order valence-electron chi connectivity index (χ2n) is 4.87. The van der Waals surface area contributed by atoms with Gasteiger partial charge in [-0.15, -0.1) is 0 Å². The Morgan fingerprint density at radius 1 is 1.19 bits per heavy atom. The molecular formula is C14H20O2. The van der Waals surface area contributed by atoms with Crippen molar-refractivity contribution in [3.8, 4) is 0 Å². The summed E-state index contributed by atoms with van der Waals surface area (Å²) in [5.74, 6) is 1.01. The van der Waals surface area contributed by atoms with E-state index >= 15 is 0 Å². The Balaban J connectivity index is 2.14. The standard InChI is InChI=1S/C14H20O2/c1-10(2)12-4-6-13(7-5-12)14-11(3)8-15-9-16-14/h4-7,10-11,14H,8-9H2,1-3H3. The van der Waals surface area contributed by atoms with E-state index in [1.165, 1.54) is 11.1 Å². The van der Waals surface area contributed by atoms with Crippen LogP contribution in [-0.4, -0.2) is 13.4 Å². The molecule has 0 spiro atoms. The Hall–Kier alpha value is -0.860. The zero-order chi connectivity index (χ0) is 11.5. The molecule has 2 atom stereocenters. The van der Waals surface area contributed by atoms with Crippen molar-refractivity contribution < 1.29 is 9.47 Å². The number of ether oxygens (including phenoxy) is 2. The molecule has 1 saturated heterocycles. The predicted octanol–water partition coefficient (Wildman–Crippen LogP) is 3.49. The van der Waals surface area contributed by atoms with Crippen LogP contribution in [0, 0.1) is 5.92 Å². The van der Waals surface area contributed by atoms with Gasteiger partial charge in [0.1, 0.15) is 6.79 Å². The highest BCUT2D eigenvalue weighted by molar-refractivity contribution is 5.26. The van der Waals surface area contributed by atoms with Gasteiger partial charge in [-0.05, 0) is 17.0 Å². The second-order valence-corrected chi connectivity index (χ2v) is 4.87. The van der Waals surface area contributed by atoms with Crippen LogP contribution in [-0.2, 0) is 9.47 Å². The normalized spacial score (nSPS) is 26.0. The Bertz CT molecular complexity index is 329. The van der Waals surface area contributed by atoms with Crippen LogP contribution in [0.5, 0.6) is 0 Å². The van der Waals surface area contributed by atoms with Crippen molar-refractivity contribution in [3.05, 3.63) is 35.4 Å². The number of benzene rings is 1. The molecule has 0 aromatic heterocycles. The van der Waals surface area contributed by atoms with E-state index < -0.39 is 0 Å². The average molecular weight is 220 g/mol. The van der Waals surface area contributed by atoms with Crippen LogP contribution >= 0.6 is 0 Å². The summed E-state index contributed by atoms with van der Waals surface area (Å²) < 4.78 is 10.9. The Morgan fingerprint density at radius 3 is 2.44 bits per heavy atom. The summed E-state index contributed by atoms with van der Waals surface area (Å²) in [7, 11) is 0. The maximum atomic E-state index is 5.65. The van der Waals surface area contributed by atoms with Gasteiger partial charge in [-0.25, -0.2) is 0 Å². The topological polar surface area (TPSA) is 18.5 Å². The molecule has 2 nitrogen and oxygen atoms in total. The first-order valence-electron chi connectivity index (χ1n) is 5.97. The zero-order valence-electron chi connectivity index (χ0n) is 10.3. The molecule has 1 aromatic rings. The fourth-order valence-corrected chi connectivity index (χ4v) is 2.10. The fraction of sp³-hybridized carbons (Fsp3) is 0.571. The quantitative estimate of drug-likeness (QED) is 0.759. The molecule has 0 N–H and O–H groups in total. The summed E-state index contributed by atoms with van der Waals surface area (Å²) in [4.78, 5) is 0. The van der Waals surface area contributed by atoms with Crippen LogP contribution < -0.4 is 0 Å². The molecule has 1 heterocycles. The number of hydrogen-bond acceptors (Lipinski definition) is 2. The second kappa shape index (κ2) is 4.98. The molecular weight excluding hydrogens is 200 g/mol. The lowest BCUT2D eigenvalue weighted by molar-refractivity contribution is -0.168. The molecule has 0 saturated carbocycles. The highest BCUT2D eigenvalue weighted by Crippen LogP contribution is 2.30. The summed E-state index contributed by atoms with van der Waals surface area (Å²) in [6.07, 6.45) is 0.190. The van der Waals surface area contributed by atoms with Gasteiger partial charge in [0.2, 0.25) is 0 Å². The monoisotopic (exact) mass is 220 g/mol. The van der Waals surface area contributed by atoms with Gasteiger partial charge in [0.05, 0.1) is 12.7 Å². The van der Waals surface area contributed by atoms with Crippen LogP contribution in [0.1, 0.15) is 43.9 Å². The highest BCUT2D eigenvalue weighted by atomic mass is 16.7. The van der Waals surface area contributed by atoms with Crippen molar-refractivity contribution in [2.24, 2.45) is 5.92 Å². The van der Waals surface area contributed by atoms with Crippen LogP contribution in [0.25, 0.3) is 0 Å². The Labute approximate surface area is 97.6 Å². The number of rotatable bonds is 2. The number of hydrogen-bond donors (Lipinski definition) is 0. The van der Waals surface area contributed by atoms with E-state index in [1.54, 1.807) is 0 Å². The van der Waals surface area contributed by atoms with Gasteiger partial charge in [0, 0.05) is 5.92 Å². The summed E-state index contributed by atoms with van der Waals surface area (Å²) in [5, 5.41) is 0. The first kappa shape index (κ1) is 11.6. The zero-order valence-corrected chi connectivity index (χ0v) is 10.3. The third kappa shape index (κ3) is 2.45. The van der Waals surface area contributed by atoms with Gasteiger partial charge >= 0.3 is 0 Å². The van der Waals surface area contributed by atoms with E-state index in [0.29, 0.717) is 18.6 Å². The van der Waals surface area contributed by atoms with Gasteiger partial charge in [-0.3, -0.25) is 0 Å². The van der Waals surface area contributed by atoms with Gasteiger partial charge in [0.15, 0.2) is 0 Å². The first-order valence-corrected chi connectivity index (χ1v) is 5.97. The minimum absolute atomic E-state index is 0.190. The lowest BCUT2D eigenvalue weighted by Gasteiger charge is -2.29. The van der Waals surface area contributed by atoms with E-state index in [1.807, 2.05) is 0 Å². The van der Waals surface area contributed by atoms with Crippen molar-refractivity contribution in [2.45, 2.75) is 32.8 Å². The molecule has 2 heteroatoms. The molecule has 0 aliphatic carbocycles. The third-order valence-corrected chi connectivity index (χ3v) is 3.16. The Kier molecular flexibility index (Phi) is 3.62. The third-order valence-electron chi connectivity index (χ3n) is 3.16. The van der Waals surface area contributed by atoms with Gasteiger partial charge in [-0.2, -0.15) is 0 Å². The molecule has 1 aliphatic heterocycles. The van der Waals surface area contributed by atoms with Crippen LogP contribution in [0.3, 0.4) is 0 Å².